The smallest absolute Gasteiger partial charge is 0.259 e. The molecule has 2 N–H and O–H groups in total. The van der Waals surface area contributed by atoms with Crippen LogP contribution < -0.4 is 10.9 Å². The minimum Gasteiger partial charge on any atom is -0.334 e. The lowest BCUT2D eigenvalue weighted by atomic mass is 10.2. The first-order valence-corrected chi connectivity index (χ1v) is 6.71. The molecule has 0 aliphatic carbocycles. The Balaban J connectivity index is 1.78. The number of nitrogens with zero attached hydrogens (tertiary/aromatic N) is 3. The lowest BCUT2D eigenvalue weighted by molar-refractivity contribution is 0.176. The van der Waals surface area contributed by atoms with Crippen molar-refractivity contribution in [1.29, 1.82) is 0 Å². The number of piperazine rings is 1. The van der Waals surface area contributed by atoms with Crippen LogP contribution in [0.15, 0.2) is 27.6 Å². The van der Waals surface area contributed by atoms with Gasteiger partial charge in [0.1, 0.15) is 0 Å². The molecule has 7 nitrogen and oxygen atoms in total. The van der Waals surface area contributed by atoms with E-state index in [9.17, 15) is 4.79 Å². The molecule has 3 rings (SSSR count). The molecule has 1 atom stereocenters. The van der Waals surface area contributed by atoms with Gasteiger partial charge in [-0.25, -0.2) is 0 Å². The summed E-state index contributed by atoms with van der Waals surface area (Å²) in [4.78, 5) is 20.4. The molecule has 0 amide bonds. The Labute approximate surface area is 116 Å². The average Bonchev–Trinajstić information content (AvgIpc) is 2.98. The van der Waals surface area contributed by atoms with E-state index >= 15 is 0 Å². The van der Waals surface area contributed by atoms with E-state index in [1.807, 2.05) is 0 Å². The van der Waals surface area contributed by atoms with E-state index in [1.165, 1.54) is 6.07 Å². The zero-order chi connectivity index (χ0) is 13.9. The second-order valence-electron chi connectivity index (χ2n) is 4.86. The van der Waals surface area contributed by atoms with Gasteiger partial charge in [0, 0.05) is 38.4 Å². The van der Waals surface area contributed by atoms with Crippen LogP contribution in [0.4, 0.5) is 0 Å². The molecule has 1 aliphatic rings. The van der Waals surface area contributed by atoms with E-state index in [0.717, 1.165) is 31.7 Å². The van der Waals surface area contributed by atoms with Crippen LogP contribution in [-0.2, 0) is 0 Å². The Bertz CT molecular complexity index is 609. The van der Waals surface area contributed by atoms with Crippen LogP contribution in [0.3, 0.4) is 0 Å². The van der Waals surface area contributed by atoms with Gasteiger partial charge in [0.05, 0.1) is 11.6 Å². The molecule has 0 aromatic carbocycles. The number of hydrogen-bond acceptors (Lipinski definition) is 6. The summed E-state index contributed by atoms with van der Waals surface area (Å²) in [5.74, 6) is 1.10. The Kier molecular flexibility index (Phi) is 3.62. The standard InChI is InChI=1S/C13H17N5O2/c1-9(18-6-4-14-5-7-18)12-16-13(20-17-12)10-2-3-11(19)15-8-10/h2-3,8-9,14H,4-7H2,1H3,(H,15,19). The van der Waals surface area contributed by atoms with Gasteiger partial charge in [0.2, 0.25) is 5.56 Å². The summed E-state index contributed by atoms with van der Waals surface area (Å²) in [6.45, 7) is 5.99. The maximum absolute atomic E-state index is 11.0. The summed E-state index contributed by atoms with van der Waals surface area (Å²) in [6.07, 6.45) is 1.58. The van der Waals surface area contributed by atoms with Gasteiger partial charge in [-0.15, -0.1) is 0 Å². The fourth-order valence-electron chi connectivity index (χ4n) is 2.30. The van der Waals surface area contributed by atoms with Gasteiger partial charge in [-0.05, 0) is 13.0 Å². The Morgan fingerprint density at radius 2 is 2.15 bits per heavy atom. The molecule has 1 saturated heterocycles. The largest absolute Gasteiger partial charge is 0.334 e. The van der Waals surface area contributed by atoms with Crippen molar-refractivity contribution in [3.63, 3.8) is 0 Å². The third-order valence-electron chi connectivity index (χ3n) is 3.55. The summed E-state index contributed by atoms with van der Waals surface area (Å²) >= 11 is 0. The van der Waals surface area contributed by atoms with Gasteiger partial charge in [0.25, 0.3) is 5.89 Å². The molecule has 0 spiro atoms. The van der Waals surface area contributed by atoms with Crippen molar-refractivity contribution >= 4 is 0 Å². The van der Waals surface area contributed by atoms with Crippen LogP contribution >= 0.6 is 0 Å². The number of aromatic amines is 1. The quantitative estimate of drug-likeness (QED) is 0.842. The highest BCUT2D eigenvalue weighted by Gasteiger charge is 2.22. The van der Waals surface area contributed by atoms with E-state index in [1.54, 1.807) is 12.3 Å². The average molecular weight is 275 g/mol. The highest BCUT2D eigenvalue weighted by atomic mass is 16.5. The van der Waals surface area contributed by atoms with Gasteiger partial charge in [0.15, 0.2) is 5.82 Å². The van der Waals surface area contributed by atoms with Crippen LogP contribution in [0.5, 0.6) is 0 Å². The fourth-order valence-corrected chi connectivity index (χ4v) is 2.30. The summed E-state index contributed by atoms with van der Waals surface area (Å²) in [7, 11) is 0. The minimum atomic E-state index is -0.150. The highest BCUT2D eigenvalue weighted by molar-refractivity contribution is 5.50. The maximum Gasteiger partial charge on any atom is 0.259 e. The third kappa shape index (κ3) is 2.63. The SMILES string of the molecule is CC(c1noc(-c2ccc(=O)[nH]c2)n1)N1CCNCC1. The zero-order valence-electron chi connectivity index (χ0n) is 11.3. The van der Waals surface area contributed by atoms with Crippen LogP contribution in [-0.4, -0.2) is 46.2 Å². The molecular formula is C13H17N5O2. The van der Waals surface area contributed by atoms with Gasteiger partial charge in [-0.3, -0.25) is 9.69 Å². The number of aromatic nitrogens is 3. The van der Waals surface area contributed by atoms with Gasteiger partial charge < -0.3 is 14.8 Å². The van der Waals surface area contributed by atoms with Crippen molar-refractivity contribution in [2.75, 3.05) is 26.2 Å². The molecule has 1 fully saturated rings. The topological polar surface area (TPSA) is 87.0 Å². The monoisotopic (exact) mass is 275 g/mol. The second-order valence-corrected chi connectivity index (χ2v) is 4.86. The number of nitrogens with one attached hydrogen (secondary N) is 2. The Hall–Kier alpha value is -1.99. The molecular weight excluding hydrogens is 258 g/mol. The van der Waals surface area contributed by atoms with Crippen molar-refractivity contribution in [3.8, 4) is 11.5 Å². The van der Waals surface area contributed by atoms with Gasteiger partial charge >= 0.3 is 0 Å². The van der Waals surface area contributed by atoms with E-state index in [2.05, 4.69) is 32.3 Å². The number of H-pyrrole nitrogens is 1. The molecule has 7 heteroatoms. The van der Waals surface area contributed by atoms with Crippen molar-refractivity contribution < 1.29 is 4.52 Å². The predicted molar refractivity (Wildman–Crippen MR) is 73.2 cm³/mol. The first kappa shape index (κ1) is 13.0. The van der Waals surface area contributed by atoms with Crippen molar-refractivity contribution in [2.45, 2.75) is 13.0 Å². The summed E-state index contributed by atoms with van der Waals surface area (Å²) in [6, 6.07) is 3.24. The molecule has 1 unspecified atom stereocenters. The predicted octanol–water partition coefficient (Wildman–Crippen LogP) is 0.391. The van der Waals surface area contributed by atoms with Crippen LogP contribution in [0.25, 0.3) is 11.5 Å². The molecule has 0 bridgehead atoms. The minimum absolute atomic E-state index is 0.123. The van der Waals surface area contributed by atoms with Crippen molar-refractivity contribution in [2.24, 2.45) is 0 Å². The Morgan fingerprint density at radius 1 is 1.35 bits per heavy atom. The zero-order valence-corrected chi connectivity index (χ0v) is 11.3. The number of pyridine rings is 1. The lowest BCUT2D eigenvalue weighted by Crippen LogP contribution is -2.44. The normalized spacial score (nSPS) is 18.1. The summed E-state index contributed by atoms with van der Waals surface area (Å²) in [5, 5.41) is 7.37. The van der Waals surface area contributed by atoms with Crippen molar-refractivity contribution in [1.82, 2.24) is 25.3 Å². The van der Waals surface area contributed by atoms with Crippen LogP contribution in [0, 0.1) is 0 Å². The lowest BCUT2D eigenvalue weighted by Gasteiger charge is -2.30. The molecule has 3 heterocycles. The summed E-state index contributed by atoms with van der Waals surface area (Å²) < 4.78 is 5.28. The molecule has 1 aliphatic heterocycles. The fraction of sp³-hybridized carbons (Fsp3) is 0.462. The van der Waals surface area contributed by atoms with Gasteiger partial charge in [-0.1, -0.05) is 5.16 Å². The summed E-state index contributed by atoms with van der Waals surface area (Å²) in [5.41, 5.74) is 0.568. The molecule has 20 heavy (non-hydrogen) atoms. The van der Waals surface area contributed by atoms with E-state index in [-0.39, 0.29) is 11.6 Å². The number of rotatable bonds is 3. The highest BCUT2D eigenvalue weighted by Crippen LogP contribution is 2.21. The first-order chi connectivity index (χ1) is 9.74. The molecule has 2 aromatic rings. The van der Waals surface area contributed by atoms with E-state index < -0.39 is 0 Å². The van der Waals surface area contributed by atoms with Crippen LogP contribution in [0.2, 0.25) is 0 Å². The van der Waals surface area contributed by atoms with Crippen molar-refractivity contribution in [3.05, 3.63) is 34.5 Å². The molecule has 2 aromatic heterocycles. The maximum atomic E-state index is 11.0. The number of hydrogen-bond donors (Lipinski definition) is 2. The third-order valence-corrected chi connectivity index (χ3v) is 3.55. The molecule has 0 radical (unpaired) electrons. The Morgan fingerprint density at radius 3 is 2.85 bits per heavy atom. The first-order valence-electron chi connectivity index (χ1n) is 6.71. The van der Waals surface area contributed by atoms with E-state index in [4.69, 9.17) is 4.52 Å². The van der Waals surface area contributed by atoms with E-state index in [0.29, 0.717) is 11.7 Å². The molecule has 0 saturated carbocycles. The van der Waals surface area contributed by atoms with Crippen LogP contribution in [0.1, 0.15) is 18.8 Å². The van der Waals surface area contributed by atoms with Gasteiger partial charge in [-0.2, -0.15) is 4.98 Å². The second kappa shape index (κ2) is 5.56. The molecule has 106 valence electrons.